The van der Waals surface area contributed by atoms with Gasteiger partial charge in [0.05, 0.1) is 23.3 Å². The lowest BCUT2D eigenvalue weighted by molar-refractivity contribution is -0.112. The number of carbonyl (C=O) groups is 2. The minimum atomic E-state index is -3.92. The Labute approximate surface area is 202 Å². The molecule has 0 saturated heterocycles. The third kappa shape index (κ3) is 3.67. The van der Waals surface area contributed by atoms with Crippen LogP contribution in [-0.2, 0) is 19.6 Å². The average molecular weight is 500 g/mol. The molecule has 2 N–H and O–H groups in total. The maximum atomic E-state index is 13.0. The fourth-order valence-electron chi connectivity index (χ4n) is 4.26. The Morgan fingerprint density at radius 3 is 2.44 bits per heavy atom. The molecular weight excluding hydrogens is 474 g/mol. The van der Waals surface area contributed by atoms with E-state index in [2.05, 4.69) is 0 Å². The lowest BCUT2D eigenvalue weighted by Crippen LogP contribution is -2.20. The third-order valence-electron chi connectivity index (χ3n) is 6.21. The molecule has 1 amide bonds. The van der Waals surface area contributed by atoms with Crippen molar-refractivity contribution in [3.05, 3.63) is 62.8 Å². The molecule has 34 heavy (non-hydrogen) atoms. The summed E-state index contributed by atoms with van der Waals surface area (Å²) in [4.78, 5) is 28.0. The second kappa shape index (κ2) is 8.23. The molecule has 8 nitrogen and oxygen atoms in total. The zero-order chi connectivity index (χ0) is 25.1. The minimum absolute atomic E-state index is 0.0574. The number of amides is 1. The van der Waals surface area contributed by atoms with Gasteiger partial charge in [0.1, 0.15) is 5.00 Å². The molecule has 1 aromatic carbocycles. The minimum Gasteiger partial charge on any atom is -0.465 e. The van der Waals surface area contributed by atoms with E-state index in [0.29, 0.717) is 22.4 Å². The Morgan fingerprint density at radius 2 is 1.82 bits per heavy atom. The Bertz CT molecular complexity index is 1510. The number of thiophene rings is 1. The molecule has 3 heterocycles. The van der Waals surface area contributed by atoms with E-state index in [4.69, 9.17) is 9.88 Å². The van der Waals surface area contributed by atoms with Crippen LogP contribution in [0.15, 0.2) is 29.2 Å². The van der Waals surface area contributed by atoms with Gasteiger partial charge in [0, 0.05) is 34.4 Å². The summed E-state index contributed by atoms with van der Waals surface area (Å²) < 4.78 is 30.8. The van der Waals surface area contributed by atoms with Crippen LogP contribution in [0, 0.1) is 27.7 Å². The Hall–Kier alpha value is -3.21. The largest absolute Gasteiger partial charge is 0.465 e. The van der Waals surface area contributed by atoms with E-state index in [1.54, 1.807) is 19.2 Å². The van der Waals surface area contributed by atoms with Gasteiger partial charge in [0.25, 0.3) is 5.91 Å². The highest BCUT2D eigenvalue weighted by atomic mass is 32.2. The molecule has 1 aliphatic heterocycles. The Balaban J connectivity index is 1.90. The molecule has 178 valence electrons. The van der Waals surface area contributed by atoms with Gasteiger partial charge in [-0.2, -0.15) is 0 Å². The van der Waals surface area contributed by atoms with Gasteiger partial charge >= 0.3 is 5.97 Å². The number of aryl methyl sites for hydroxylation is 2. The highest BCUT2D eigenvalue weighted by Crippen LogP contribution is 2.40. The van der Waals surface area contributed by atoms with Gasteiger partial charge in [-0.1, -0.05) is 0 Å². The summed E-state index contributed by atoms with van der Waals surface area (Å²) in [5.74, 6) is -0.647. The second-order valence-electron chi connectivity index (χ2n) is 8.26. The number of ether oxygens (including phenoxy) is 1. The highest BCUT2D eigenvalue weighted by molar-refractivity contribution is 7.89. The summed E-state index contributed by atoms with van der Waals surface area (Å²) in [7, 11) is -0.922. The number of fused-ring (bicyclic) bond motifs is 1. The molecule has 0 radical (unpaired) electrons. The van der Waals surface area contributed by atoms with Crippen molar-refractivity contribution in [1.29, 1.82) is 0 Å². The number of carbonyl (C=O) groups excluding carboxylic acids is 2. The standard InChI is InChI=1S/C24H25N3O5S2/c1-12-9-16(14(3)27(12)23-21(24(29)32-6)13(2)15(4)33-23)10-19-18-11-17(34(25,30)31)7-8-20(18)26(5)22(19)28/h7-11H,1-6H3,(H2,25,30,31)/b19-10+. The summed E-state index contributed by atoms with van der Waals surface area (Å²) in [6, 6.07) is 6.33. The molecule has 0 bridgehead atoms. The molecule has 2 aromatic heterocycles. The second-order valence-corrected chi connectivity index (χ2v) is 11.0. The first-order valence-electron chi connectivity index (χ1n) is 10.4. The molecule has 0 unspecified atom stereocenters. The average Bonchev–Trinajstić information content (AvgIpc) is 3.31. The molecule has 4 rings (SSSR count). The monoisotopic (exact) mass is 499 g/mol. The van der Waals surface area contributed by atoms with Crippen molar-refractivity contribution >= 4 is 50.6 Å². The highest BCUT2D eigenvalue weighted by Gasteiger charge is 2.31. The van der Waals surface area contributed by atoms with Crippen LogP contribution >= 0.6 is 11.3 Å². The summed E-state index contributed by atoms with van der Waals surface area (Å²) >= 11 is 1.50. The number of benzene rings is 1. The van der Waals surface area contributed by atoms with Gasteiger partial charge < -0.3 is 14.2 Å². The summed E-state index contributed by atoms with van der Waals surface area (Å²) in [5.41, 5.74) is 5.37. The van der Waals surface area contributed by atoms with Crippen LogP contribution in [0.3, 0.4) is 0 Å². The summed E-state index contributed by atoms with van der Waals surface area (Å²) in [6.45, 7) is 7.69. The molecular formula is C24H25N3O5S2. The SMILES string of the molecule is COC(=O)c1c(-n2c(C)cc(/C=C3/C(=O)N(C)c4ccc(S(N)(=O)=O)cc43)c2C)sc(C)c1C. The number of nitrogens with zero attached hydrogens (tertiary/aromatic N) is 2. The number of rotatable bonds is 4. The van der Waals surface area contributed by atoms with Crippen LogP contribution in [0.5, 0.6) is 0 Å². The zero-order valence-corrected chi connectivity index (χ0v) is 21.3. The molecule has 0 spiro atoms. The molecule has 0 atom stereocenters. The quantitative estimate of drug-likeness (QED) is 0.434. The zero-order valence-electron chi connectivity index (χ0n) is 19.7. The van der Waals surface area contributed by atoms with Crippen molar-refractivity contribution in [2.75, 3.05) is 19.1 Å². The number of nitrogens with two attached hydrogens (primary N) is 1. The smallest absolute Gasteiger partial charge is 0.341 e. The van der Waals surface area contributed by atoms with E-state index in [1.165, 1.54) is 35.5 Å². The van der Waals surface area contributed by atoms with Gasteiger partial charge in [-0.05, 0) is 69.2 Å². The molecule has 10 heteroatoms. The topological polar surface area (TPSA) is 112 Å². The number of methoxy groups -OCH3 is 1. The normalized spacial score (nSPS) is 14.7. The summed E-state index contributed by atoms with van der Waals surface area (Å²) in [6.07, 6.45) is 1.75. The van der Waals surface area contributed by atoms with Gasteiger partial charge in [-0.25, -0.2) is 18.4 Å². The van der Waals surface area contributed by atoms with E-state index < -0.39 is 16.0 Å². The van der Waals surface area contributed by atoms with E-state index >= 15 is 0 Å². The number of hydrogen-bond acceptors (Lipinski definition) is 6. The lowest BCUT2D eigenvalue weighted by atomic mass is 10.0. The number of primary sulfonamides is 1. The van der Waals surface area contributed by atoms with Crippen molar-refractivity contribution in [2.24, 2.45) is 5.14 Å². The predicted molar refractivity (Wildman–Crippen MR) is 133 cm³/mol. The van der Waals surface area contributed by atoms with E-state index in [9.17, 15) is 18.0 Å². The Morgan fingerprint density at radius 1 is 1.15 bits per heavy atom. The number of likely N-dealkylation sites (N-methyl/N-ethyl adjacent to an activating group) is 1. The van der Waals surface area contributed by atoms with Crippen LogP contribution in [0.1, 0.15) is 43.3 Å². The van der Waals surface area contributed by atoms with E-state index in [1.807, 2.05) is 38.3 Å². The maximum Gasteiger partial charge on any atom is 0.341 e. The molecule has 0 fully saturated rings. The first-order valence-corrected chi connectivity index (χ1v) is 12.8. The van der Waals surface area contributed by atoms with Crippen LogP contribution in [0.4, 0.5) is 5.69 Å². The number of esters is 1. The molecule has 0 saturated carbocycles. The fraction of sp³-hybridized carbons (Fsp3) is 0.250. The first kappa shape index (κ1) is 23.9. The van der Waals surface area contributed by atoms with Gasteiger partial charge in [0.15, 0.2) is 0 Å². The van der Waals surface area contributed by atoms with Gasteiger partial charge in [0.2, 0.25) is 10.0 Å². The van der Waals surface area contributed by atoms with Crippen molar-refractivity contribution in [3.8, 4) is 5.00 Å². The Kier molecular flexibility index (Phi) is 5.79. The number of sulfonamides is 1. The maximum absolute atomic E-state index is 13.0. The number of aromatic nitrogens is 1. The van der Waals surface area contributed by atoms with Crippen molar-refractivity contribution < 1.29 is 22.7 Å². The van der Waals surface area contributed by atoms with Crippen LogP contribution < -0.4 is 10.0 Å². The first-order chi connectivity index (χ1) is 15.9. The van der Waals surface area contributed by atoms with Crippen molar-refractivity contribution in [3.63, 3.8) is 0 Å². The fourth-order valence-corrected chi connectivity index (χ4v) is 6.05. The summed E-state index contributed by atoms with van der Waals surface area (Å²) in [5, 5.41) is 6.07. The predicted octanol–water partition coefficient (Wildman–Crippen LogP) is 3.72. The van der Waals surface area contributed by atoms with Crippen molar-refractivity contribution in [2.45, 2.75) is 32.6 Å². The van der Waals surface area contributed by atoms with Gasteiger partial charge in [-0.15, -0.1) is 11.3 Å². The van der Waals surface area contributed by atoms with Gasteiger partial charge in [-0.3, -0.25) is 4.79 Å². The van der Waals surface area contributed by atoms with Crippen LogP contribution in [0.2, 0.25) is 0 Å². The van der Waals surface area contributed by atoms with E-state index in [-0.39, 0.29) is 10.8 Å². The number of hydrogen-bond donors (Lipinski definition) is 1. The number of anilines is 1. The molecule has 3 aromatic rings. The third-order valence-corrected chi connectivity index (χ3v) is 8.32. The van der Waals surface area contributed by atoms with Crippen LogP contribution in [-0.4, -0.2) is 39.0 Å². The lowest BCUT2D eigenvalue weighted by Gasteiger charge is -2.10. The van der Waals surface area contributed by atoms with E-state index in [0.717, 1.165) is 32.4 Å². The van der Waals surface area contributed by atoms with Crippen LogP contribution in [0.25, 0.3) is 16.7 Å². The van der Waals surface area contributed by atoms with Crippen molar-refractivity contribution in [1.82, 2.24) is 4.57 Å². The molecule has 0 aliphatic carbocycles. The molecule has 1 aliphatic rings.